The Morgan fingerprint density at radius 2 is 1.10 bits per heavy atom. The van der Waals surface area contributed by atoms with Gasteiger partial charge in [0, 0.05) is 106 Å². The van der Waals surface area contributed by atoms with Crippen molar-refractivity contribution in [2.24, 2.45) is 0 Å². The van der Waals surface area contributed by atoms with Crippen molar-refractivity contribution < 1.29 is 62.2 Å². The third-order valence-corrected chi connectivity index (χ3v) is 22.0. The number of ether oxygens (including phenoxy) is 3. The van der Waals surface area contributed by atoms with Gasteiger partial charge in [-0.15, -0.1) is 0 Å². The van der Waals surface area contributed by atoms with E-state index in [4.69, 9.17) is 143 Å². The van der Waals surface area contributed by atoms with Gasteiger partial charge in [0.1, 0.15) is 23.8 Å². The molecule has 1 fully saturated rings. The second-order valence-electron chi connectivity index (χ2n) is 25.8. The van der Waals surface area contributed by atoms with E-state index in [1.165, 1.54) is 45.0 Å². The minimum atomic E-state index is -2.23. The lowest BCUT2D eigenvalue weighted by Crippen LogP contribution is -2.43. The molecule has 592 valence electrons. The summed E-state index contributed by atoms with van der Waals surface area (Å²) in [6.45, 7) is 8.49. The van der Waals surface area contributed by atoms with Gasteiger partial charge in [0.25, 0.3) is 0 Å². The number of carbonyl (C=O) groups is 8. The summed E-state index contributed by atoms with van der Waals surface area (Å²) in [5.74, 6) is -1.33. The number of hydrogen-bond donors (Lipinski definition) is 1. The van der Waals surface area contributed by atoms with Gasteiger partial charge in [-0.25, -0.2) is 9.59 Å². The van der Waals surface area contributed by atoms with Gasteiger partial charge in [0.2, 0.25) is 17.7 Å². The van der Waals surface area contributed by atoms with Gasteiger partial charge in [-0.05, 0) is 243 Å². The molecule has 111 heavy (non-hydrogen) atoms. The number of fused-ring (bicyclic) bond motifs is 2. The normalized spacial score (nSPS) is 14.5. The zero-order valence-electron chi connectivity index (χ0n) is 61.2. The smallest absolute Gasteiger partial charge is 0.410 e. The van der Waals surface area contributed by atoms with Crippen molar-refractivity contribution in [2.45, 2.75) is 90.3 Å². The lowest BCUT2D eigenvalue weighted by molar-refractivity contribution is -0.140. The summed E-state index contributed by atoms with van der Waals surface area (Å²) in [6, 6.07) is 38.1. The molecule has 31 heteroatoms. The van der Waals surface area contributed by atoms with Crippen LogP contribution >= 0.6 is 163 Å². The van der Waals surface area contributed by atoms with Crippen LogP contribution in [0.4, 0.5) is 4.79 Å². The SMILES string of the molecule is CCOC(=O)/C=C/c1cc(Cl)cc(Cl)c1.CCOC(=O)CP(C)(C)=O.CN(C(=O)CCc1cc(Cl)cc(Cl)c1)C1CCc2ccc(Br)cc21.CN(C(=O)OCc1cc(Cl)cc(Cl)c1)C1CCc2ccc(C3=CCN(C(=O)CN4C(=O)CSC4=S)CC3)cc21.O=C(O)CCc1cc(Cl)cc(Cl)c1.O=Cc1cc(Cl)cc(Cl)c1. The molecule has 4 aliphatic rings. The average molecular weight is 1840 g/mol. The monoisotopic (exact) mass is 1830 g/mol. The number of thioether (sulfide) groups is 1. The predicted octanol–water partition coefficient (Wildman–Crippen LogP) is 22.1. The van der Waals surface area contributed by atoms with Crippen molar-refractivity contribution >= 4 is 227 Å². The largest absolute Gasteiger partial charge is 0.481 e. The fourth-order valence-electron chi connectivity index (χ4n) is 11.7. The van der Waals surface area contributed by atoms with Crippen LogP contribution < -0.4 is 0 Å². The summed E-state index contributed by atoms with van der Waals surface area (Å²) in [4.78, 5) is 99.1. The van der Waals surface area contributed by atoms with Crippen LogP contribution in [0.1, 0.15) is 118 Å². The van der Waals surface area contributed by atoms with Gasteiger partial charge in [-0.2, -0.15) is 0 Å². The molecule has 0 spiro atoms. The molecule has 7 aromatic carbocycles. The molecule has 4 amide bonds. The Bertz CT molecular complexity index is 4530. The van der Waals surface area contributed by atoms with Gasteiger partial charge in [-0.3, -0.25) is 33.7 Å². The number of aldehydes is 1. The van der Waals surface area contributed by atoms with E-state index in [0.29, 0.717) is 124 Å². The molecule has 11 rings (SSSR count). The van der Waals surface area contributed by atoms with Crippen molar-refractivity contribution in [2.75, 3.05) is 72.2 Å². The zero-order valence-corrected chi connectivity index (χ0v) is 72.8. The molecule has 2 aliphatic heterocycles. The minimum absolute atomic E-state index is 0.00114. The quantitative estimate of drug-likeness (QED) is 0.0188. The van der Waals surface area contributed by atoms with Gasteiger partial charge in [-0.1, -0.05) is 180 Å². The second-order valence-corrected chi connectivity index (χ2v) is 36.1. The third-order valence-electron chi connectivity index (χ3n) is 16.8. The Hall–Kier alpha value is -6.17. The second kappa shape index (κ2) is 46.4. The van der Waals surface area contributed by atoms with Gasteiger partial charge < -0.3 is 38.6 Å². The van der Waals surface area contributed by atoms with Crippen molar-refractivity contribution in [1.82, 2.24) is 19.6 Å². The van der Waals surface area contributed by atoms with Crippen molar-refractivity contribution in [3.63, 3.8) is 0 Å². The number of aliphatic carboxylic acids is 1. The molecule has 2 aliphatic carbocycles. The lowest BCUT2D eigenvalue weighted by atomic mass is 9.95. The molecule has 1 saturated heterocycles. The number of amides is 4. The highest BCUT2D eigenvalue weighted by atomic mass is 79.9. The summed E-state index contributed by atoms with van der Waals surface area (Å²) in [7, 11) is 1.43. The van der Waals surface area contributed by atoms with Crippen molar-refractivity contribution in [3.8, 4) is 0 Å². The zero-order chi connectivity index (χ0) is 81.8. The number of carboxylic acids is 1. The molecular formula is C80H80BrCl10N4O13PS2. The van der Waals surface area contributed by atoms with E-state index in [9.17, 15) is 42.9 Å². The first kappa shape index (κ1) is 93.7. The van der Waals surface area contributed by atoms with E-state index < -0.39 is 19.2 Å². The number of rotatable bonds is 20. The minimum Gasteiger partial charge on any atom is -0.481 e. The maximum atomic E-state index is 12.9. The number of esters is 2. The Kier molecular flexibility index (Phi) is 39.2. The number of carbonyl (C=O) groups excluding carboxylic acids is 7. The molecule has 1 N–H and O–H groups in total. The molecule has 0 radical (unpaired) electrons. The van der Waals surface area contributed by atoms with Crippen LogP contribution in [0.15, 0.2) is 144 Å². The highest BCUT2D eigenvalue weighted by Gasteiger charge is 2.33. The molecule has 0 bridgehead atoms. The van der Waals surface area contributed by atoms with E-state index in [1.807, 2.05) is 24.1 Å². The van der Waals surface area contributed by atoms with E-state index in [2.05, 4.69) is 63.1 Å². The Labute approximate surface area is 714 Å². The highest BCUT2D eigenvalue weighted by molar-refractivity contribution is 9.10. The van der Waals surface area contributed by atoms with E-state index >= 15 is 0 Å². The Morgan fingerprint density at radius 3 is 1.57 bits per heavy atom. The van der Waals surface area contributed by atoms with E-state index in [0.717, 1.165) is 63.5 Å². The summed E-state index contributed by atoms with van der Waals surface area (Å²) in [5, 5.41) is 13.7. The Morgan fingerprint density at radius 1 is 0.622 bits per heavy atom. The molecular weight excluding hydrogens is 1750 g/mol. The molecule has 17 nitrogen and oxygen atoms in total. The molecule has 2 unspecified atom stereocenters. The molecule has 2 heterocycles. The number of hydrogen-bond acceptors (Lipinski definition) is 14. The van der Waals surface area contributed by atoms with Crippen LogP contribution in [0.3, 0.4) is 0 Å². The first-order chi connectivity index (χ1) is 52.5. The van der Waals surface area contributed by atoms with E-state index in [1.54, 1.807) is 129 Å². The number of nitrogens with zero attached hydrogens (tertiary/aromatic N) is 4. The van der Waals surface area contributed by atoms with Crippen LogP contribution in [0.5, 0.6) is 0 Å². The first-order valence-electron chi connectivity index (χ1n) is 34.5. The summed E-state index contributed by atoms with van der Waals surface area (Å²) in [5.41, 5.74) is 11.0. The topological polar surface area (TPSA) is 215 Å². The molecule has 7 aromatic rings. The summed E-state index contributed by atoms with van der Waals surface area (Å²) < 4.78 is 27.4. The maximum absolute atomic E-state index is 12.9. The van der Waals surface area contributed by atoms with Crippen LogP contribution in [0.25, 0.3) is 11.6 Å². The summed E-state index contributed by atoms with van der Waals surface area (Å²) >= 11 is 68.4. The summed E-state index contributed by atoms with van der Waals surface area (Å²) in [6.07, 6.45) is 11.4. The van der Waals surface area contributed by atoms with Crippen molar-refractivity contribution in [1.29, 1.82) is 0 Å². The fourth-order valence-corrected chi connectivity index (χ4v) is 16.6. The van der Waals surface area contributed by atoms with Crippen LogP contribution in [0, 0.1) is 0 Å². The third kappa shape index (κ3) is 32.6. The van der Waals surface area contributed by atoms with Gasteiger partial charge >= 0.3 is 24.0 Å². The number of halogens is 11. The van der Waals surface area contributed by atoms with Crippen LogP contribution in [-0.2, 0) is 79.8 Å². The average Bonchev–Trinajstić information content (AvgIpc) is 1.66. The van der Waals surface area contributed by atoms with Crippen LogP contribution in [0.2, 0.25) is 50.2 Å². The van der Waals surface area contributed by atoms with E-state index in [-0.39, 0.29) is 67.5 Å². The number of aryl methyl sites for hydroxylation is 4. The maximum Gasteiger partial charge on any atom is 0.410 e. The van der Waals surface area contributed by atoms with Gasteiger partial charge in [0.15, 0.2) is 0 Å². The highest BCUT2D eigenvalue weighted by Crippen LogP contribution is 2.40. The number of carboxylic acid groups (broad SMARTS) is 1. The number of benzene rings is 7. The Balaban J connectivity index is 0.000000228. The first-order valence-corrected chi connectivity index (χ1v) is 43.2. The lowest BCUT2D eigenvalue weighted by Gasteiger charge is -2.29. The number of thiocarbonyl (C=S) groups is 1. The van der Waals surface area contributed by atoms with Crippen molar-refractivity contribution in [3.05, 3.63) is 250 Å². The standard InChI is InChI=1S/C28H27Cl2N3O4S2.C19H18BrCl2NO.C11H10Cl2O2.C9H8Cl2O2.C7H4Cl2O.C6H13O3P/c1-31(27(36)37-15-17-10-21(29)13-22(30)11-17)24-5-4-19-2-3-20(12-23(19)24)18-6-8-32(9-7-18)25(34)14-33-26(35)16-39-28(33)38;1-23(18-6-4-13-3-5-14(20)10-17(13)18)19(24)7-2-12-8-15(21)11-16(22)9-12;1-2-15-11(14)4-3-8-5-9(12)7-10(13)6-8;10-7-3-6(1-2-9(12)13)4-8(11)5-7;8-6-1-5(4-10)2-7(9)3-6;1-4-9-6(7)5-10(2,3)8/h2-3,6,10-13,24H,4-5,7-9,14-16H2,1H3;3,5,8-11,18H,2,4,6-7H2,1H3;3-7H,2H2,1H3;3-5H,1-2H2,(H,12,13);1-4H;4-5H2,1-3H3/b;;4-3+;;;. The fraction of sp³-hybridized carbons (Fsp3) is 0.312. The molecule has 0 aromatic heterocycles. The van der Waals surface area contributed by atoms with Crippen LogP contribution in [-0.4, -0.2) is 149 Å². The van der Waals surface area contributed by atoms with Gasteiger partial charge in [0.05, 0.1) is 44.4 Å². The molecule has 0 saturated carbocycles. The predicted molar refractivity (Wildman–Crippen MR) is 458 cm³/mol. The molecule has 2 atom stereocenters.